The third kappa shape index (κ3) is 13.4. The molecule has 6 heteroatoms. The number of hydrogen-bond donors (Lipinski definition) is 0. The number of halogens is 2. The SMILES string of the molecule is CCCC([NH-])=O.[Cl-].[Cl-].[Zr+4].c1ccc([Si]c2ccccc2)cc1.c1ccc2[cH-]ccc2c1. The minimum Gasteiger partial charge on any atom is -1.00 e. The molecule has 0 aliphatic carbocycles. The van der Waals surface area contributed by atoms with Crippen LogP contribution in [0.5, 0.6) is 0 Å². The van der Waals surface area contributed by atoms with Crippen molar-refractivity contribution in [1.29, 1.82) is 0 Å². The molecule has 4 aromatic carbocycles. The molecule has 0 saturated carbocycles. The van der Waals surface area contributed by atoms with Crippen molar-refractivity contribution in [3.8, 4) is 0 Å². The van der Waals surface area contributed by atoms with Gasteiger partial charge in [-0.1, -0.05) is 90.4 Å². The molecule has 158 valence electrons. The van der Waals surface area contributed by atoms with E-state index in [2.05, 4.69) is 103 Å². The number of fused-ring (bicyclic) bond motifs is 1. The third-order valence-corrected chi connectivity index (χ3v) is 5.10. The van der Waals surface area contributed by atoms with Gasteiger partial charge in [0.25, 0.3) is 0 Å². The van der Waals surface area contributed by atoms with Crippen LogP contribution >= 0.6 is 0 Å². The predicted molar refractivity (Wildman–Crippen MR) is 122 cm³/mol. The number of rotatable bonds is 4. The van der Waals surface area contributed by atoms with Crippen LogP contribution in [0.15, 0.2) is 103 Å². The van der Waals surface area contributed by atoms with Crippen molar-refractivity contribution in [3.63, 3.8) is 0 Å². The molecular formula is C25H25Cl2NOSiZr. The molecule has 0 aliphatic heterocycles. The average molecular weight is 546 g/mol. The third-order valence-electron chi connectivity index (χ3n) is 3.86. The van der Waals surface area contributed by atoms with Crippen LogP contribution in [0.3, 0.4) is 0 Å². The van der Waals surface area contributed by atoms with Crippen LogP contribution in [0, 0.1) is 0 Å². The molecule has 0 saturated heterocycles. The second kappa shape index (κ2) is 19.1. The number of amides is 1. The maximum Gasteiger partial charge on any atom is 4.00 e. The molecular weight excluding hydrogens is 520 g/mol. The number of carbonyl (C=O) groups excluding carboxylic acids is 1. The van der Waals surface area contributed by atoms with Gasteiger partial charge in [0.05, 0.1) is 0 Å². The second-order valence-electron chi connectivity index (χ2n) is 6.18. The maximum absolute atomic E-state index is 9.71. The minimum atomic E-state index is -0.461. The Bertz CT molecular complexity index is 882. The maximum atomic E-state index is 9.71. The van der Waals surface area contributed by atoms with E-state index in [1.807, 2.05) is 6.92 Å². The Kier molecular flexibility index (Phi) is 19.5. The van der Waals surface area contributed by atoms with Crippen LogP contribution in [0.25, 0.3) is 16.5 Å². The van der Waals surface area contributed by atoms with Gasteiger partial charge in [-0.3, -0.25) is 0 Å². The van der Waals surface area contributed by atoms with Gasteiger partial charge in [-0.15, -0.1) is 29.7 Å². The summed E-state index contributed by atoms with van der Waals surface area (Å²) in [7, 11) is 0.777. The zero-order valence-electron chi connectivity index (χ0n) is 17.4. The molecule has 0 fully saturated rings. The van der Waals surface area contributed by atoms with E-state index in [1.54, 1.807) is 0 Å². The fraction of sp³-hybridized carbons (Fsp3) is 0.120. The van der Waals surface area contributed by atoms with E-state index >= 15 is 0 Å². The summed E-state index contributed by atoms with van der Waals surface area (Å²) in [5, 5.41) is 5.46. The molecule has 1 amide bonds. The van der Waals surface area contributed by atoms with Crippen molar-refractivity contribution in [2.45, 2.75) is 19.8 Å². The first-order chi connectivity index (χ1) is 13.7. The second-order valence-corrected chi connectivity index (χ2v) is 7.59. The molecule has 0 unspecified atom stereocenters. The summed E-state index contributed by atoms with van der Waals surface area (Å²) in [5.74, 6) is -0.461. The van der Waals surface area contributed by atoms with E-state index in [0.29, 0.717) is 6.42 Å². The number of carbonyl (C=O) groups is 1. The van der Waals surface area contributed by atoms with Crippen LogP contribution in [0.2, 0.25) is 0 Å². The zero-order chi connectivity index (χ0) is 20.0. The van der Waals surface area contributed by atoms with E-state index in [4.69, 9.17) is 5.73 Å². The Balaban J connectivity index is 0. The molecule has 4 aromatic rings. The van der Waals surface area contributed by atoms with Crippen LogP contribution in [0.1, 0.15) is 19.8 Å². The van der Waals surface area contributed by atoms with E-state index in [0.717, 1.165) is 15.9 Å². The molecule has 31 heavy (non-hydrogen) atoms. The average Bonchev–Trinajstić information content (AvgIpc) is 3.19. The van der Waals surface area contributed by atoms with Gasteiger partial charge in [-0.05, 0) is 6.42 Å². The van der Waals surface area contributed by atoms with Crippen LogP contribution in [0.4, 0.5) is 0 Å². The molecule has 0 aromatic heterocycles. The summed E-state index contributed by atoms with van der Waals surface area (Å²) < 4.78 is 0. The summed E-state index contributed by atoms with van der Waals surface area (Å²) in [6.07, 6.45) is 1.20. The van der Waals surface area contributed by atoms with Crippen molar-refractivity contribution in [1.82, 2.24) is 0 Å². The van der Waals surface area contributed by atoms with E-state index < -0.39 is 5.91 Å². The van der Waals surface area contributed by atoms with Crippen LogP contribution in [-0.2, 0) is 31.0 Å². The summed E-state index contributed by atoms with van der Waals surface area (Å²) >= 11 is 0. The molecule has 0 atom stereocenters. The summed E-state index contributed by atoms with van der Waals surface area (Å²) in [6.45, 7) is 1.88. The molecule has 4 rings (SSSR count). The van der Waals surface area contributed by atoms with Gasteiger partial charge in [0, 0.05) is 5.91 Å². The smallest absolute Gasteiger partial charge is 1.00 e. The summed E-state index contributed by atoms with van der Waals surface area (Å²) in [4.78, 5) is 9.71. The van der Waals surface area contributed by atoms with Crippen molar-refractivity contribution in [2.75, 3.05) is 0 Å². The van der Waals surface area contributed by atoms with Crippen molar-refractivity contribution in [2.24, 2.45) is 0 Å². The monoisotopic (exact) mass is 543 g/mol. The molecule has 1 N–H and O–H groups in total. The molecule has 2 nitrogen and oxygen atoms in total. The molecule has 0 heterocycles. The van der Waals surface area contributed by atoms with Crippen molar-refractivity contribution >= 4 is 36.6 Å². The van der Waals surface area contributed by atoms with Gasteiger partial charge in [0.1, 0.15) is 9.52 Å². The Hall–Kier alpha value is -1.58. The molecule has 2 radical (unpaired) electrons. The Morgan fingerprint density at radius 1 is 0.806 bits per heavy atom. The first-order valence-electron chi connectivity index (χ1n) is 9.41. The minimum absolute atomic E-state index is 0. The fourth-order valence-corrected chi connectivity index (χ4v) is 3.56. The summed E-state index contributed by atoms with van der Waals surface area (Å²) in [5.41, 5.74) is 6.34. The molecule has 0 spiro atoms. The number of nitrogens with one attached hydrogen (secondary N) is 1. The van der Waals surface area contributed by atoms with Crippen LogP contribution < -0.4 is 35.2 Å². The van der Waals surface area contributed by atoms with Gasteiger partial charge >= 0.3 is 26.2 Å². The Morgan fingerprint density at radius 2 is 1.29 bits per heavy atom. The molecule has 0 aliphatic rings. The van der Waals surface area contributed by atoms with Gasteiger partial charge in [-0.2, -0.15) is 17.5 Å². The van der Waals surface area contributed by atoms with E-state index in [9.17, 15) is 4.79 Å². The van der Waals surface area contributed by atoms with Crippen LogP contribution in [-0.4, -0.2) is 15.4 Å². The number of hydrogen-bond acceptors (Lipinski definition) is 1. The van der Waals surface area contributed by atoms with Crippen molar-refractivity contribution in [3.05, 3.63) is 109 Å². The summed E-state index contributed by atoms with van der Waals surface area (Å²) in [6, 6.07) is 35.8. The topological polar surface area (TPSA) is 40.9 Å². The Labute approximate surface area is 219 Å². The number of benzene rings is 3. The molecule has 0 bridgehead atoms. The quantitative estimate of drug-likeness (QED) is 0.246. The Morgan fingerprint density at radius 3 is 1.71 bits per heavy atom. The predicted octanol–water partition coefficient (Wildman–Crippen LogP) is -0.729. The normalized spacial score (nSPS) is 8.68. The zero-order valence-corrected chi connectivity index (χ0v) is 22.4. The fourth-order valence-electron chi connectivity index (χ4n) is 2.51. The first-order valence-corrected chi connectivity index (χ1v) is 10.4. The first kappa shape index (κ1) is 31.6. The van der Waals surface area contributed by atoms with Gasteiger partial charge in [-0.25, -0.2) is 0 Å². The van der Waals surface area contributed by atoms with Crippen molar-refractivity contribution < 1.29 is 55.8 Å². The largest absolute Gasteiger partial charge is 4.00 e. The standard InChI is InChI=1S/C12H10Si.C9H7.C4H9NO.2ClH.Zr/c1-3-7-11(8-4-1)13-12-9-5-2-6-10-12;1-2-5-9-7-3-6-8(9)4-1;1-2-3-4(5)6;;;/h1-10H;1-7H;2-3H2,1H3,(H2,5,6);2*1H;/q;-1;;;;+4/p-3. The van der Waals surface area contributed by atoms with E-state index in [1.165, 1.54) is 21.1 Å². The van der Waals surface area contributed by atoms with E-state index in [-0.39, 0.29) is 51.0 Å². The van der Waals surface area contributed by atoms with Gasteiger partial charge in [0.15, 0.2) is 0 Å². The van der Waals surface area contributed by atoms with Gasteiger partial charge in [0.2, 0.25) is 0 Å². The van der Waals surface area contributed by atoms with Gasteiger partial charge < -0.3 is 35.3 Å².